The number of nitrogens with one attached hydrogen (secondary N) is 1. The van der Waals surface area contributed by atoms with Crippen LogP contribution in [0.15, 0.2) is 24.3 Å². The summed E-state index contributed by atoms with van der Waals surface area (Å²) in [7, 11) is 2.20. The Bertz CT molecular complexity index is 791. The third-order valence-electron chi connectivity index (χ3n) is 5.77. The molecule has 1 N–H and O–H groups in total. The summed E-state index contributed by atoms with van der Waals surface area (Å²) < 4.78 is 2.85. The van der Waals surface area contributed by atoms with Gasteiger partial charge in [0.15, 0.2) is 3.95 Å². The lowest BCUT2D eigenvalue weighted by atomic mass is 9.87. The van der Waals surface area contributed by atoms with Crippen molar-refractivity contribution in [3.63, 3.8) is 0 Å². The monoisotopic (exact) mass is 388 g/mol. The highest BCUT2D eigenvalue weighted by Gasteiger charge is 2.24. The van der Waals surface area contributed by atoms with Gasteiger partial charge in [-0.2, -0.15) is 0 Å². The average molecular weight is 389 g/mol. The van der Waals surface area contributed by atoms with Gasteiger partial charge in [-0.3, -0.25) is 4.90 Å². The van der Waals surface area contributed by atoms with E-state index in [1.807, 2.05) is 4.68 Å². The fourth-order valence-electron chi connectivity index (χ4n) is 4.37. The summed E-state index contributed by atoms with van der Waals surface area (Å²) in [5.74, 6) is 0. The largest absolute Gasteiger partial charge is 0.357 e. The number of aryl methyl sites for hydroxylation is 1. The molecule has 2 aliphatic carbocycles. The van der Waals surface area contributed by atoms with Gasteiger partial charge in [0.05, 0.1) is 6.67 Å². The van der Waals surface area contributed by atoms with Crippen LogP contribution in [0.2, 0.25) is 0 Å². The summed E-state index contributed by atoms with van der Waals surface area (Å²) in [4.78, 5) is 2.40. The summed E-state index contributed by atoms with van der Waals surface area (Å²) in [6.07, 6.45) is 10.2. The first-order valence-electron chi connectivity index (χ1n) is 9.83. The molecule has 140 valence electrons. The molecule has 4 nitrogen and oxygen atoms in total. The van der Waals surface area contributed by atoms with E-state index in [1.54, 1.807) is 11.3 Å². The van der Waals surface area contributed by atoms with Crippen molar-refractivity contribution in [2.75, 3.05) is 12.4 Å². The van der Waals surface area contributed by atoms with E-state index in [0.717, 1.165) is 15.8 Å². The van der Waals surface area contributed by atoms with Crippen LogP contribution in [0.1, 0.15) is 62.1 Å². The predicted molar refractivity (Wildman–Crippen MR) is 111 cm³/mol. The van der Waals surface area contributed by atoms with Crippen LogP contribution in [-0.4, -0.2) is 27.8 Å². The number of hydrogen-bond donors (Lipinski definition) is 1. The molecule has 1 heterocycles. The van der Waals surface area contributed by atoms with E-state index in [0.29, 0.717) is 12.1 Å². The first-order chi connectivity index (χ1) is 12.7. The van der Waals surface area contributed by atoms with Crippen molar-refractivity contribution < 1.29 is 0 Å². The molecule has 0 bridgehead atoms. The van der Waals surface area contributed by atoms with Crippen LogP contribution >= 0.6 is 23.6 Å². The van der Waals surface area contributed by atoms with Gasteiger partial charge in [-0.1, -0.05) is 54.9 Å². The minimum absolute atomic E-state index is 0.457. The molecule has 0 radical (unpaired) electrons. The van der Waals surface area contributed by atoms with Gasteiger partial charge in [-0.15, -0.1) is 5.10 Å². The Morgan fingerprint density at radius 2 is 2.00 bits per heavy atom. The zero-order valence-electron chi connectivity index (χ0n) is 15.5. The van der Waals surface area contributed by atoms with Gasteiger partial charge in [0.1, 0.15) is 0 Å². The minimum atomic E-state index is 0.457. The standard InChI is InChI=1S/C20H28N4S2/c1-23(18-13-7-9-15-8-5-6-12-17(15)18)14-24-20(25)26-19(22-24)21-16-10-3-2-4-11-16/h5-6,8,12,16,18H,2-4,7,9-11,13-14H2,1H3,(H,21,22)/t18-/m1/s1. The van der Waals surface area contributed by atoms with Gasteiger partial charge in [-0.05, 0) is 62.5 Å². The van der Waals surface area contributed by atoms with Crippen LogP contribution in [0.5, 0.6) is 0 Å². The third-order valence-corrected chi connectivity index (χ3v) is 7.00. The van der Waals surface area contributed by atoms with Gasteiger partial charge < -0.3 is 5.32 Å². The molecule has 4 rings (SSSR count). The van der Waals surface area contributed by atoms with E-state index in [-0.39, 0.29) is 0 Å². The molecule has 1 fully saturated rings. The number of anilines is 1. The van der Waals surface area contributed by atoms with E-state index in [9.17, 15) is 0 Å². The van der Waals surface area contributed by atoms with Gasteiger partial charge in [0.2, 0.25) is 5.13 Å². The number of fused-ring (bicyclic) bond motifs is 1. The first kappa shape index (κ1) is 18.1. The maximum absolute atomic E-state index is 5.59. The maximum Gasteiger partial charge on any atom is 0.204 e. The van der Waals surface area contributed by atoms with Crippen LogP contribution in [0, 0.1) is 3.95 Å². The fraction of sp³-hybridized carbons (Fsp3) is 0.600. The molecule has 0 amide bonds. The van der Waals surface area contributed by atoms with Crippen molar-refractivity contribution in [1.82, 2.24) is 14.7 Å². The Hall–Kier alpha value is -1.24. The first-order valence-corrected chi connectivity index (χ1v) is 11.1. The molecular formula is C20H28N4S2. The SMILES string of the molecule is CN(Cn1nc(NC2CCCCC2)sc1=S)[C@@H]1CCCc2ccccc21. The highest BCUT2D eigenvalue weighted by molar-refractivity contribution is 7.73. The number of rotatable bonds is 5. The zero-order chi connectivity index (χ0) is 17.9. The second kappa shape index (κ2) is 8.19. The number of nitrogens with zero attached hydrogens (tertiary/aromatic N) is 3. The quantitative estimate of drug-likeness (QED) is 0.697. The van der Waals surface area contributed by atoms with Gasteiger partial charge >= 0.3 is 0 Å². The summed E-state index contributed by atoms with van der Waals surface area (Å²) in [6, 6.07) is 9.90. The summed E-state index contributed by atoms with van der Waals surface area (Å²) in [5.41, 5.74) is 2.97. The van der Waals surface area contributed by atoms with Crippen LogP contribution in [-0.2, 0) is 13.1 Å². The molecule has 6 heteroatoms. The van der Waals surface area contributed by atoms with Crippen molar-refractivity contribution in [2.45, 2.75) is 70.1 Å². The number of hydrogen-bond acceptors (Lipinski definition) is 5. The van der Waals surface area contributed by atoms with Crippen molar-refractivity contribution in [1.29, 1.82) is 0 Å². The molecule has 0 saturated heterocycles. The Morgan fingerprint density at radius 1 is 1.19 bits per heavy atom. The molecule has 2 aromatic rings. The lowest BCUT2D eigenvalue weighted by molar-refractivity contribution is 0.166. The molecule has 1 aromatic carbocycles. The predicted octanol–water partition coefficient (Wildman–Crippen LogP) is 5.39. The molecule has 1 aromatic heterocycles. The lowest BCUT2D eigenvalue weighted by Gasteiger charge is -2.33. The molecule has 0 aliphatic heterocycles. The normalized spacial score (nSPS) is 20.9. The zero-order valence-corrected chi connectivity index (χ0v) is 17.1. The number of aromatic nitrogens is 2. The van der Waals surface area contributed by atoms with Crippen LogP contribution in [0.4, 0.5) is 5.13 Å². The van der Waals surface area contributed by atoms with Crippen molar-refractivity contribution >= 4 is 28.7 Å². The second-order valence-corrected chi connectivity index (χ2v) is 9.28. The summed E-state index contributed by atoms with van der Waals surface area (Å²) in [6.45, 7) is 0.751. The van der Waals surface area contributed by atoms with E-state index < -0.39 is 0 Å². The van der Waals surface area contributed by atoms with E-state index in [1.165, 1.54) is 62.5 Å². The Kier molecular flexibility index (Phi) is 5.72. The summed E-state index contributed by atoms with van der Waals surface area (Å²) >= 11 is 7.20. The third kappa shape index (κ3) is 4.02. The number of benzene rings is 1. The average Bonchev–Trinajstić information content (AvgIpc) is 3.01. The fourth-order valence-corrected chi connectivity index (χ4v) is 5.44. The Morgan fingerprint density at radius 3 is 2.85 bits per heavy atom. The Labute approximate surface area is 165 Å². The highest BCUT2D eigenvalue weighted by atomic mass is 32.1. The highest BCUT2D eigenvalue weighted by Crippen LogP contribution is 2.34. The van der Waals surface area contributed by atoms with Crippen LogP contribution in [0.25, 0.3) is 0 Å². The lowest BCUT2D eigenvalue weighted by Crippen LogP contribution is -2.30. The molecular weight excluding hydrogens is 360 g/mol. The maximum atomic E-state index is 5.59. The molecule has 0 unspecified atom stereocenters. The van der Waals surface area contributed by atoms with Crippen LogP contribution in [0.3, 0.4) is 0 Å². The van der Waals surface area contributed by atoms with Crippen molar-refractivity contribution in [3.8, 4) is 0 Å². The van der Waals surface area contributed by atoms with Gasteiger partial charge in [-0.25, -0.2) is 4.68 Å². The van der Waals surface area contributed by atoms with E-state index >= 15 is 0 Å². The van der Waals surface area contributed by atoms with E-state index in [2.05, 4.69) is 41.5 Å². The molecule has 2 aliphatic rings. The second-order valence-electron chi connectivity index (χ2n) is 7.66. The molecule has 1 atom stereocenters. The van der Waals surface area contributed by atoms with E-state index in [4.69, 9.17) is 17.3 Å². The van der Waals surface area contributed by atoms with Crippen molar-refractivity contribution in [3.05, 3.63) is 39.3 Å². The topological polar surface area (TPSA) is 33.1 Å². The molecule has 0 spiro atoms. The smallest absolute Gasteiger partial charge is 0.204 e. The molecule has 26 heavy (non-hydrogen) atoms. The summed E-state index contributed by atoms with van der Waals surface area (Å²) in [5, 5.41) is 9.37. The van der Waals surface area contributed by atoms with Crippen LogP contribution < -0.4 is 5.32 Å². The van der Waals surface area contributed by atoms with Crippen molar-refractivity contribution in [2.24, 2.45) is 0 Å². The minimum Gasteiger partial charge on any atom is -0.357 e. The van der Waals surface area contributed by atoms with Gasteiger partial charge in [0.25, 0.3) is 0 Å². The van der Waals surface area contributed by atoms with Gasteiger partial charge in [0, 0.05) is 12.1 Å². The Balaban J connectivity index is 1.45. The molecule has 1 saturated carbocycles.